The van der Waals surface area contributed by atoms with E-state index in [9.17, 15) is 12.8 Å². The van der Waals surface area contributed by atoms with E-state index in [4.69, 9.17) is 0 Å². The van der Waals surface area contributed by atoms with Gasteiger partial charge in [-0.15, -0.1) is 0 Å². The summed E-state index contributed by atoms with van der Waals surface area (Å²) in [4.78, 5) is 6.14. The second kappa shape index (κ2) is 9.58. The Hall–Kier alpha value is -1.67. The maximum atomic E-state index is 12.9. The van der Waals surface area contributed by atoms with Gasteiger partial charge in [0, 0.05) is 40.8 Å². The summed E-state index contributed by atoms with van der Waals surface area (Å²) in [6.45, 7) is 3.31. The molecular formula is C16H27FN4O2S. The van der Waals surface area contributed by atoms with Crippen molar-refractivity contribution in [3.05, 3.63) is 35.6 Å². The maximum Gasteiger partial charge on any atom is 0.213 e. The Morgan fingerprint density at radius 1 is 1.25 bits per heavy atom. The van der Waals surface area contributed by atoms with Crippen LogP contribution >= 0.6 is 0 Å². The minimum Gasteiger partial charge on any atom is -0.356 e. The first-order valence-corrected chi connectivity index (χ1v) is 9.51. The second-order valence-corrected chi connectivity index (χ2v) is 7.90. The molecule has 0 amide bonds. The monoisotopic (exact) mass is 358 g/mol. The Bertz CT molecular complexity index is 632. The van der Waals surface area contributed by atoms with E-state index in [0.717, 1.165) is 5.56 Å². The zero-order chi connectivity index (χ0) is 18.2. The van der Waals surface area contributed by atoms with Crippen LogP contribution in [0.3, 0.4) is 0 Å². The molecular weight excluding hydrogens is 331 g/mol. The molecule has 6 nitrogen and oxygen atoms in total. The molecule has 0 saturated heterocycles. The Morgan fingerprint density at radius 2 is 1.88 bits per heavy atom. The molecule has 8 heteroatoms. The van der Waals surface area contributed by atoms with Gasteiger partial charge >= 0.3 is 0 Å². The van der Waals surface area contributed by atoms with Crippen molar-refractivity contribution >= 4 is 16.0 Å². The van der Waals surface area contributed by atoms with Crippen LogP contribution in [0.5, 0.6) is 0 Å². The van der Waals surface area contributed by atoms with Crippen molar-refractivity contribution in [2.75, 3.05) is 40.0 Å². The summed E-state index contributed by atoms with van der Waals surface area (Å²) in [5.41, 5.74) is 0.982. The first kappa shape index (κ1) is 20.4. The van der Waals surface area contributed by atoms with E-state index in [1.807, 2.05) is 11.9 Å². The molecule has 0 heterocycles. The van der Waals surface area contributed by atoms with Gasteiger partial charge < -0.3 is 10.2 Å². The van der Waals surface area contributed by atoms with Gasteiger partial charge in [-0.2, -0.15) is 0 Å². The van der Waals surface area contributed by atoms with Gasteiger partial charge in [0.1, 0.15) is 5.82 Å². The lowest BCUT2D eigenvalue weighted by atomic mass is 10.2. The fraction of sp³-hybridized carbons (Fsp3) is 0.562. The molecule has 0 aliphatic rings. The fourth-order valence-electron chi connectivity index (χ4n) is 2.18. The molecule has 0 unspecified atom stereocenters. The molecule has 0 aliphatic heterocycles. The third kappa shape index (κ3) is 6.45. The van der Waals surface area contributed by atoms with Crippen molar-refractivity contribution in [3.63, 3.8) is 0 Å². The van der Waals surface area contributed by atoms with E-state index in [1.165, 1.54) is 16.4 Å². The van der Waals surface area contributed by atoms with Gasteiger partial charge in [0.2, 0.25) is 10.0 Å². The second-order valence-electron chi connectivity index (χ2n) is 5.53. The smallest absolute Gasteiger partial charge is 0.213 e. The molecule has 0 spiro atoms. The molecule has 136 valence electrons. The average Bonchev–Trinajstić information content (AvgIpc) is 2.56. The van der Waals surface area contributed by atoms with Gasteiger partial charge in [0.05, 0.1) is 5.75 Å². The number of rotatable bonds is 8. The molecule has 0 aliphatic carbocycles. The minimum absolute atomic E-state index is 0.110. The summed E-state index contributed by atoms with van der Waals surface area (Å²) in [5, 5.41) is 3.21. The summed E-state index contributed by atoms with van der Waals surface area (Å²) < 4.78 is 37.6. The lowest BCUT2D eigenvalue weighted by molar-refractivity contribution is 0.450. The largest absolute Gasteiger partial charge is 0.356 e. The fourth-order valence-corrected chi connectivity index (χ4v) is 3.03. The summed E-state index contributed by atoms with van der Waals surface area (Å²) in [7, 11) is 2.05. The van der Waals surface area contributed by atoms with E-state index < -0.39 is 10.0 Å². The average molecular weight is 358 g/mol. The lowest BCUT2D eigenvalue weighted by Crippen LogP contribution is -2.40. The Kier molecular flexibility index (Phi) is 8.14. The number of hydrogen-bond donors (Lipinski definition) is 1. The highest BCUT2D eigenvalue weighted by Crippen LogP contribution is 2.05. The number of guanidine groups is 1. The highest BCUT2D eigenvalue weighted by Gasteiger charge is 2.14. The highest BCUT2D eigenvalue weighted by atomic mass is 32.2. The van der Waals surface area contributed by atoms with Crippen molar-refractivity contribution in [1.82, 2.24) is 14.5 Å². The first-order chi connectivity index (χ1) is 11.3. The molecule has 1 N–H and O–H groups in total. The van der Waals surface area contributed by atoms with E-state index in [2.05, 4.69) is 10.3 Å². The van der Waals surface area contributed by atoms with E-state index in [1.54, 1.807) is 33.2 Å². The Balaban J connectivity index is 2.43. The summed E-state index contributed by atoms with van der Waals surface area (Å²) in [6, 6.07) is 6.35. The molecule has 1 aromatic rings. The highest BCUT2D eigenvalue weighted by molar-refractivity contribution is 7.89. The molecule has 0 fully saturated rings. The van der Waals surface area contributed by atoms with Crippen LogP contribution in [0.4, 0.5) is 4.39 Å². The van der Waals surface area contributed by atoms with Crippen molar-refractivity contribution in [2.24, 2.45) is 4.99 Å². The SMILES string of the molecule is CCS(=O)(=O)N(C)CCCNC(=NC)N(C)Cc1ccc(F)cc1. The number of halogens is 1. The van der Waals surface area contributed by atoms with Crippen LogP contribution < -0.4 is 5.32 Å². The number of benzene rings is 1. The molecule has 0 aromatic heterocycles. The summed E-state index contributed by atoms with van der Waals surface area (Å²) in [5.74, 6) is 0.564. The summed E-state index contributed by atoms with van der Waals surface area (Å²) in [6.07, 6.45) is 0.680. The van der Waals surface area contributed by atoms with Crippen molar-refractivity contribution in [1.29, 1.82) is 0 Å². The number of hydrogen-bond acceptors (Lipinski definition) is 3. The quantitative estimate of drug-likeness (QED) is 0.435. The molecule has 1 aromatic carbocycles. The predicted molar refractivity (Wildman–Crippen MR) is 95.9 cm³/mol. The molecule has 0 radical (unpaired) electrons. The number of nitrogens with one attached hydrogen (secondary N) is 1. The van der Waals surface area contributed by atoms with Crippen LogP contribution in [0.15, 0.2) is 29.3 Å². The molecule has 0 saturated carbocycles. The lowest BCUT2D eigenvalue weighted by Gasteiger charge is -2.23. The zero-order valence-electron chi connectivity index (χ0n) is 14.8. The summed E-state index contributed by atoms with van der Waals surface area (Å²) >= 11 is 0. The molecule has 24 heavy (non-hydrogen) atoms. The first-order valence-electron chi connectivity index (χ1n) is 7.90. The van der Waals surface area contributed by atoms with Crippen molar-refractivity contribution in [2.45, 2.75) is 19.9 Å². The minimum atomic E-state index is -3.13. The van der Waals surface area contributed by atoms with Crippen molar-refractivity contribution in [3.8, 4) is 0 Å². The van der Waals surface area contributed by atoms with Crippen LogP contribution in [0.2, 0.25) is 0 Å². The van der Waals surface area contributed by atoms with Crippen LogP contribution in [-0.4, -0.2) is 63.6 Å². The van der Waals surface area contributed by atoms with E-state index >= 15 is 0 Å². The van der Waals surface area contributed by atoms with Crippen LogP contribution in [0.25, 0.3) is 0 Å². The normalized spacial score (nSPS) is 12.5. The standard InChI is InChI=1S/C16H27FN4O2S/c1-5-24(22,23)21(4)12-6-11-19-16(18-2)20(3)13-14-7-9-15(17)10-8-14/h7-10H,5-6,11-13H2,1-4H3,(H,18,19). The predicted octanol–water partition coefficient (Wildman–Crippen LogP) is 1.50. The number of nitrogens with zero attached hydrogens (tertiary/aromatic N) is 3. The molecule has 1 rings (SSSR count). The van der Waals surface area contributed by atoms with Gasteiger partial charge in [-0.1, -0.05) is 12.1 Å². The molecule has 0 bridgehead atoms. The van der Waals surface area contributed by atoms with Gasteiger partial charge in [-0.25, -0.2) is 17.1 Å². The van der Waals surface area contributed by atoms with Crippen LogP contribution in [-0.2, 0) is 16.6 Å². The van der Waals surface area contributed by atoms with Crippen LogP contribution in [0, 0.1) is 5.82 Å². The number of sulfonamides is 1. The molecule has 0 atom stereocenters. The maximum absolute atomic E-state index is 12.9. The van der Waals surface area contributed by atoms with Gasteiger partial charge in [0.15, 0.2) is 5.96 Å². The van der Waals surface area contributed by atoms with Gasteiger partial charge in [-0.3, -0.25) is 4.99 Å². The third-order valence-corrected chi connectivity index (χ3v) is 5.54. The van der Waals surface area contributed by atoms with E-state index in [0.29, 0.717) is 32.0 Å². The Labute approximate surface area is 144 Å². The van der Waals surface area contributed by atoms with Crippen molar-refractivity contribution < 1.29 is 12.8 Å². The van der Waals surface area contributed by atoms with Crippen LogP contribution in [0.1, 0.15) is 18.9 Å². The number of aliphatic imine (C=N–C) groups is 1. The topological polar surface area (TPSA) is 65.0 Å². The van der Waals surface area contributed by atoms with Gasteiger partial charge in [-0.05, 0) is 31.0 Å². The Morgan fingerprint density at radius 3 is 2.42 bits per heavy atom. The third-order valence-electron chi connectivity index (χ3n) is 3.68. The zero-order valence-corrected chi connectivity index (χ0v) is 15.6. The van der Waals surface area contributed by atoms with Gasteiger partial charge in [0.25, 0.3) is 0 Å². The van der Waals surface area contributed by atoms with E-state index in [-0.39, 0.29) is 11.6 Å².